The second-order valence-corrected chi connectivity index (χ2v) is 8.52. The Morgan fingerprint density at radius 3 is 2.71 bits per heavy atom. The fourth-order valence-electron chi connectivity index (χ4n) is 4.85. The summed E-state index contributed by atoms with van der Waals surface area (Å²) in [6, 6.07) is 14.1. The minimum Gasteiger partial charge on any atom is -0.490 e. The SMILES string of the molecule is Cc1[nH]c2ccccc2c1C1CCN(CC(=O)Nc2ccc3c(c2)OCCCO3)CC1. The summed E-state index contributed by atoms with van der Waals surface area (Å²) in [5, 5.41) is 4.35. The molecule has 31 heavy (non-hydrogen) atoms. The normalized spacial score (nSPS) is 17.5. The predicted octanol–water partition coefficient (Wildman–Crippen LogP) is 4.46. The molecule has 2 N–H and O–H groups in total. The predicted molar refractivity (Wildman–Crippen MR) is 122 cm³/mol. The molecule has 2 aliphatic rings. The van der Waals surface area contributed by atoms with E-state index in [1.165, 1.54) is 22.2 Å². The highest BCUT2D eigenvalue weighted by atomic mass is 16.5. The number of piperidine rings is 1. The molecule has 0 aliphatic carbocycles. The number of anilines is 1. The van der Waals surface area contributed by atoms with Gasteiger partial charge in [0.15, 0.2) is 11.5 Å². The molecule has 162 valence electrons. The highest BCUT2D eigenvalue weighted by molar-refractivity contribution is 5.92. The van der Waals surface area contributed by atoms with Gasteiger partial charge in [0.1, 0.15) is 0 Å². The van der Waals surface area contributed by atoms with Gasteiger partial charge in [-0.3, -0.25) is 9.69 Å². The monoisotopic (exact) mass is 419 g/mol. The number of benzene rings is 2. The molecule has 0 radical (unpaired) electrons. The minimum atomic E-state index is 0.0104. The van der Waals surface area contributed by atoms with E-state index in [0.29, 0.717) is 31.4 Å². The van der Waals surface area contributed by atoms with Crippen LogP contribution in [0.3, 0.4) is 0 Å². The minimum absolute atomic E-state index is 0.0104. The van der Waals surface area contributed by atoms with Gasteiger partial charge in [-0.1, -0.05) is 18.2 Å². The molecule has 1 aromatic heterocycles. The van der Waals surface area contributed by atoms with Crippen LogP contribution in [0, 0.1) is 6.92 Å². The van der Waals surface area contributed by atoms with Crippen LogP contribution in [0.15, 0.2) is 42.5 Å². The molecule has 3 heterocycles. The van der Waals surface area contributed by atoms with Gasteiger partial charge in [0.2, 0.25) is 5.91 Å². The number of aromatic nitrogens is 1. The highest BCUT2D eigenvalue weighted by Crippen LogP contribution is 2.36. The van der Waals surface area contributed by atoms with Gasteiger partial charge in [-0.25, -0.2) is 0 Å². The standard InChI is InChI=1S/C25H29N3O3/c1-17-25(20-5-2-3-6-21(20)26-17)18-9-11-28(12-10-18)16-24(29)27-19-7-8-22-23(15-19)31-14-4-13-30-22/h2-3,5-8,15,18,26H,4,9-14,16H2,1H3,(H,27,29). The summed E-state index contributed by atoms with van der Waals surface area (Å²) >= 11 is 0. The third kappa shape index (κ3) is 4.26. The van der Waals surface area contributed by atoms with Crippen LogP contribution in [0.25, 0.3) is 10.9 Å². The number of fused-ring (bicyclic) bond motifs is 2. The lowest BCUT2D eigenvalue weighted by atomic mass is 9.87. The van der Waals surface area contributed by atoms with Crippen LogP contribution in [0.1, 0.15) is 36.4 Å². The van der Waals surface area contributed by atoms with Gasteiger partial charge >= 0.3 is 0 Å². The van der Waals surface area contributed by atoms with Crippen molar-refractivity contribution in [1.82, 2.24) is 9.88 Å². The maximum absolute atomic E-state index is 12.6. The summed E-state index contributed by atoms with van der Waals surface area (Å²) in [4.78, 5) is 18.4. The Hall–Kier alpha value is -2.99. The number of amides is 1. The average Bonchev–Trinajstić information content (AvgIpc) is 2.93. The van der Waals surface area contributed by atoms with Gasteiger partial charge in [0.25, 0.3) is 0 Å². The van der Waals surface area contributed by atoms with Crippen LogP contribution in [-0.2, 0) is 4.79 Å². The van der Waals surface area contributed by atoms with Crippen molar-refractivity contribution < 1.29 is 14.3 Å². The van der Waals surface area contributed by atoms with E-state index < -0.39 is 0 Å². The molecular weight excluding hydrogens is 390 g/mol. The zero-order valence-electron chi connectivity index (χ0n) is 17.9. The maximum atomic E-state index is 12.6. The molecule has 6 heteroatoms. The van der Waals surface area contributed by atoms with E-state index in [4.69, 9.17) is 9.47 Å². The van der Waals surface area contributed by atoms with E-state index >= 15 is 0 Å². The average molecular weight is 420 g/mol. The van der Waals surface area contributed by atoms with Crippen LogP contribution in [0.4, 0.5) is 5.69 Å². The Balaban J connectivity index is 1.18. The molecule has 1 saturated heterocycles. The first kappa shape index (κ1) is 19.9. The quantitative estimate of drug-likeness (QED) is 0.655. The summed E-state index contributed by atoms with van der Waals surface area (Å²) < 4.78 is 11.4. The summed E-state index contributed by atoms with van der Waals surface area (Å²) in [6.45, 7) is 5.73. The van der Waals surface area contributed by atoms with Crippen molar-refractivity contribution in [2.75, 3.05) is 38.2 Å². The number of carbonyl (C=O) groups is 1. The molecule has 2 aromatic carbocycles. The number of rotatable bonds is 4. The number of aryl methyl sites for hydroxylation is 1. The summed E-state index contributed by atoms with van der Waals surface area (Å²) in [5.41, 5.74) is 4.68. The number of aromatic amines is 1. The number of carbonyl (C=O) groups excluding carboxylic acids is 1. The second kappa shape index (κ2) is 8.63. The van der Waals surface area contributed by atoms with Crippen molar-refractivity contribution in [2.24, 2.45) is 0 Å². The van der Waals surface area contributed by atoms with Crippen LogP contribution in [0.2, 0.25) is 0 Å². The maximum Gasteiger partial charge on any atom is 0.238 e. The molecule has 0 spiro atoms. The topological polar surface area (TPSA) is 66.6 Å². The number of likely N-dealkylation sites (tertiary alicyclic amines) is 1. The van der Waals surface area contributed by atoms with Crippen molar-refractivity contribution in [3.63, 3.8) is 0 Å². The van der Waals surface area contributed by atoms with Crippen LogP contribution >= 0.6 is 0 Å². The number of hydrogen-bond acceptors (Lipinski definition) is 4. The van der Waals surface area contributed by atoms with Crippen molar-refractivity contribution >= 4 is 22.5 Å². The van der Waals surface area contributed by atoms with Gasteiger partial charge < -0.3 is 19.8 Å². The lowest BCUT2D eigenvalue weighted by Gasteiger charge is -2.31. The van der Waals surface area contributed by atoms with Gasteiger partial charge in [-0.2, -0.15) is 0 Å². The number of hydrogen-bond donors (Lipinski definition) is 2. The molecule has 3 aromatic rings. The fourth-order valence-corrected chi connectivity index (χ4v) is 4.85. The van der Waals surface area contributed by atoms with Crippen molar-refractivity contribution in [2.45, 2.75) is 32.1 Å². The zero-order valence-corrected chi connectivity index (χ0v) is 17.9. The Morgan fingerprint density at radius 2 is 1.87 bits per heavy atom. The largest absolute Gasteiger partial charge is 0.490 e. The van der Waals surface area contributed by atoms with E-state index in [1.807, 2.05) is 18.2 Å². The first-order chi connectivity index (χ1) is 15.2. The van der Waals surface area contributed by atoms with Crippen molar-refractivity contribution in [3.05, 3.63) is 53.7 Å². The molecule has 2 aliphatic heterocycles. The Morgan fingerprint density at radius 1 is 1.10 bits per heavy atom. The van der Waals surface area contributed by atoms with Crippen LogP contribution < -0.4 is 14.8 Å². The molecule has 0 unspecified atom stereocenters. The molecule has 1 fully saturated rings. The van der Waals surface area contributed by atoms with Crippen molar-refractivity contribution in [1.29, 1.82) is 0 Å². The van der Waals surface area contributed by atoms with E-state index in [1.54, 1.807) is 0 Å². The Kier molecular flexibility index (Phi) is 5.55. The molecule has 0 saturated carbocycles. The smallest absolute Gasteiger partial charge is 0.238 e. The third-order valence-electron chi connectivity index (χ3n) is 6.34. The van der Waals surface area contributed by atoms with Gasteiger partial charge in [0, 0.05) is 34.8 Å². The lowest BCUT2D eigenvalue weighted by molar-refractivity contribution is -0.117. The summed E-state index contributed by atoms with van der Waals surface area (Å²) in [5.74, 6) is 1.99. The number of ether oxygens (including phenoxy) is 2. The number of H-pyrrole nitrogens is 1. The van der Waals surface area contributed by atoms with E-state index in [2.05, 4.69) is 46.4 Å². The van der Waals surface area contributed by atoms with E-state index in [9.17, 15) is 4.79 Å². The molecule has 1 amide bonds. The summed E-state index contributed by atoms with van der Waals surface area (Å²) in [7, 11) is 0. The van der Waals surface area contributed by atoms with E-state index in [-0.39, 0.29) is 5.91 Å². The molecule has 0 atom stereocenters. The summed E-state index contributed by atoms with van der Waals surface area (Å²) in [6.07, 6.45) is 3.00. The van der Waals surface area contributed by atoms with E-state index in [0.717, 1.165) is 43.8 Å². The molecule has 0 bridgehead atoms. The molecular formula is C25H29N3O3. The van der Waals surface area contributed by atoms with Gasteiger partial charge in [-0.05, 0) is 62.5 Å². The highest BCUT2D eigenvalue weighted by Gasteiger charge is 2.25. The lowest BCUT2D eigenvalue weighted by Crippen LogP contribution is -2.38. The second-order valence-electron chi connectivity index (χ2n) is 8.52. The fraction of sp³-hybridized carbons (Fsp3) is 0.400. The zero-order chi connectivity index (χ0) is 21.2. The van der Waals surface area contributed by atoms with Gasteiger partial charge in [-0.15, -0.1) is 0 Å². The molecule has 5 rings (SSSR count). The Bertz CT molecular complexity index is 1080. The van der Waals surface area contributed by atoms with Crippen molar-refractivity contribution in [3.8, 4) is 11.5 Å². The number of para-hydroxylation sites is 1. The first-order valence-electron chi connectivity index (χ1n) is 11.2. The number of nitrogens with one attached hydrogen (secondary N) is 2. The third-order valence-corrected chi connectivity index (χ3v) is 6.34. The van der Waals surface area contributed by atoms with Gasteiger partial charge in [0.05, 0.1) is 19.8 Å². The Labute approximate surface area is 182 Å². The number of nitrogens with zero attached hydrogens (tertiary/aromatic N) is 1. The first-order valence-corrected chi connectivity index (χ1v) is 11.2. The van der Waals surface area contributed by atoms with Crippen LogP contribution in [0.5, 0.6) is 11.5 Å². The molecule has 6 nitrogen and oxygen atoms in total. The van der Waals surface area contributed by atoms with Crippen LogP contribution in [-0.4, -0.2) is 48.6 Å².